The molecule has 2 rings (SSSR count). The summed E-state index contributed by atoms with van der Waals surface area (Å²) in [6, 6.07) is 1.54. The maximum atomic E-state index is 11.8. The van der Waals surface area contributed by atoms with Gasteiger partial charge in [0, 0.05) is 0 Å². The first-order valence-electron chi connectivity index (χ1n) is 4.74. The van der Waals surface area contributed by atoms with E-state index in [-0.39, 0.29) is 16.4 Å². The van der Waals surface area contributed by atoms with Gasteiger partial charge in [0.25, 0.3) is 11.8 Å². The van der Waals surface area contributed by atoms with Crippen molar-refractivity contribution < 1.29 is 9.59 Å². The fourth-order valence-electron chi connectivity index (χ4n) is 1.20. The Bertz CT molecular complexity index is 596. The zero-order valence-corrected chi connectivity index (χ0v) is 10.5. The predicted molar refractivity (Wildman–Crippen MR) is 67.8 cm³/mol. The first-order chi connectivity index (χ1) is 8.58. The molecule has 2 heterocycles. The average molecular weight is 283 g/mol. The summed E-state index contributed by atoms with van der Waals surface area (Å²) in [4.78, 5) is 30.4. The number of primary amides is 1. The van der Waals surface area contributed by atoms with Crippen LogP contribution in [0, 0.1) is 0 Å². The second-order valence-corrected chi connectivity index (χ2v) is 4.51. The summed E-state index contributed by atoms with van der Waals surface area (Å²) in [5, 5.41) is 4.77. The largest absolute Gasteiger partial charge is 0.366 e. The predicted octanol–water partition coefficient (Wildman–Crippen LogP) is 1.54. The molecule has 92 valence electrons. The highest BCUT2D eigenvalue weighted by atomic mass is 35.5. The van der Waals surface area contributed by atoms with Crippen molar-refractivity contribution in [3.63, 3.8) is 0 Å². The summed E-state index contributed by atoms with van der Waals surface area (Å²) < 4.78 is 0. The molecule has 0 aromatic carbocycles. The maximum Gasteiger partial charge on any atom is 0.276 e. The van der Waals surface area contributed by atoms with Crippen molar-refractivity contribution in [3.8, 4) is 0 Å². The molecule has 0 radical (unpaired) electrons. The molecule has 2 aromatic rings. The number of nitrogens with one attached hydrogen (secondary N) is 1. The number of hydrogen-bond acceptors (Lipinski definition) is 5. The van der Waals surface area contributed by atoms with E-state index in [0.29, 0.717) is 5.00 Å². The number of thiophene rings is 1. The Balaban J connectivity index is 2.19. The van der Waals surface area contributed by atoms with Crippen LogP contribution in [0.1, 0.15) is 20.8 Å². The fourth-order valence-corrected chi connectivity index (χ4v) is 2.08. The quantitative estimate of drug-likeness (QED) is 0.892. The molecule has 18 heavy (non-hydrogen) atoms. The van der Waals surface area contributed by atoms with Gasteiger partial charge in [0.1, 0.15) is 15.8 Å². The Hall–Kier alpha value is -1.99. The zero-order valence-electron chi connectivity index (χ0n) is 8.88. The van der Waals surface area contributed by atoms with Crippen LogP contribution in [0.5, 0.6) is 0 Å². The van der Waals surface area contributed by atoms with E-state index in [1.54, 1.807) is 5.38 Å². The molecular formula is C10H7ClN4O2S. The van der Waals surface area contributed by atoms with E-state index in [0.717, 1.165) is 0 Å². The summed E-state index contributed by atoms with van der Waals surface area (Å²) in [5.41, 5.74) is 5.52. The molecular weight excluding hydrogens is 276 g/mol. The van der Waals surface area contributed by atoms with Crippen molar-refractivity contribution in [1.29, 1.82) is 0 Å². The van der Waals surface area contributed by atoms with Crippen molar-refractivity contribution in [3.05, 3.63) is 40.3 Å². The number of aromatic nitrogens is 2. The van der Waals surface area contributed by atoms with Gasteiger partial charge in [-0.2, -0.15) is 0 Å². The van der Waals surface area contributed by atoms with Gasteiger partial charge in [-0.3, -0.25) is 9.59 Å². The van der Waals surface area contributed by atoms with E-state index in [9.17, 15) is 9.59 Å². The topological polar surface area (TPSA) is 98.0 Å². The standard InChI is InChI=1S/C10H7ClN4O2S/c11-7-4-13-6(3-14-7)9(17)15-10-5(8(12)16)1-2-18-10/h1-4H,(H2,12,16)(H,15,17). The molecule has 0 atom stereocenters. The third-order valence-electron chi connectivity index (χ3n) is 2.01. The van der Waals surface area contributed by atoms with Crippen LogP contribution in [0.3, 0.4) is 0 Å². The molecule has 0 spiro atoms. The number of carbonyl (C=O) groups is 2. The number of halogens is 1. The van der Waals surface area contributed by atoms with Crippen LogP contribution in [-0.2, 0) is 0 Å². The van der Waals surface area contributed by atoms with Gasteiger partial charge in [-0.15, -0.1) is 11.3 Å². The molecule has 0 unspecified atom stereocenters. The number of amides is 2. The summed E-state index contributed by atoms with van der Waals surface area (Å²) in [6.07, 6.45) is 2.51. The van der Waals surface area contributed by atoms with E-state index in [4.69, 9.17) is 17.3 Å². The monoisotopic (exact) mass is 282 g/mol. The lowest BCUT2D eigenvalue weighted by atomic mass is 10.3. The number of anilines is 1. The van der Waals surface area contributed by atoms with Gasteiger partial charge >= 0.3 is 0 Å². The van der Waals surface area contributed by atoms with E-state index >= 15 is 0 Å². The molecule has 2 aromatic heterocycles. The van der Waals surface area contributed by atoms with Crippen LogP contribution in [0.25, 0.3) is 0 Å². The summed E-state index contributed by atoms with van der Waals surface area (Å²) in [7, 11) is 0. The summed E-state index contributed by atoms with van der Waals surface area (Å²) >= 11 is 6.76. The Morgan fingerprint density at radius 1 is 1.33 bits per heavy atom. The van der Waals surface area contributed by atoms with E-state index < -0.39 is 11.8 Å². The molecule has 0 aliphatic rings. The zero-order chi connectivity index (χ0) is 13.1. The van der Waals surface area contributed by atoms with Crippen LogP contribution < -0.4 is 11.1 Å². The SMILES string of the molecule is NC(=O)c1ccsc1NC(=O)c1cnc(Cl)cn1. The summed E-state index contributed by atoms with van der Waals surface area (Å²) in [6.45, 7) is 0. The number of nitrogens with two attached hydrogens (primary N) is 1. The third kappa shape index (κ3) is 2.63. The molecule has 0 saturated heterocycles. The van der Waals surface area contributed by atoms with E-state index in [2.05, 4.69) is 15.3 Å². The normalized spacial score (nSPS) is 10.1. The lowest BCUT2D eigenvalue weighted by molar-refractivity contribution is 0.100. The van der Waals surface area contributed by atoms with Gasteiger partial charge in [-0.1, -0.05) is 11.6 Å². The van der Waals surface area contributed by atoms with Crippen molar-refractivity contribution in [1.82, 2.24) is 9.97 Å². The molecule has 0 saturated carbocycles. The Kier molecular flexibility index (Phi) is 3.54. The van der Waals surface area contributed by atoms with Crippen LogP contribution in [0.15, 0.2) is 23.8 Å². The van der Waals surface area contributed by atoms with Gasteiger partial charge in [-0.25, -0.2) is 9.97 Å². The van der Waals surface area contributed by atoms with Crippen molar-refractivity contribution in [2.24, 2.45) is 5.73 Å². The van der Waals surface area contributed by atoms with E-state index in [1.807, 2.05) is 0 Å². The van der Waals surface area contributed by atoms with Crippen LogP contribution in [-0.4, -0.2) is 21.8 Å². The smallest absolute Gasteiger partial charge is 0.276 e. The molecule has 0 fully saturated rings. The minimum Gasteiger partial charge on any atom is -0.366 e. The third-order valence-corrected chi connectivity index (χ3v) is 3.04. The van der Waals surface area contributed by atoms with Crippen molar-refractivity contribution in [2.75, 3.05) is 5.32 Å². The summed E-state index contributed by atoms with van der Waals surface area (Å²) in [5.74, 6) is -1.09. The Morgan fingerprint density at radius 2 is 2.11 bits per heavy atom. The molecule has 0 aliphatic carbocycles. The van der Waals surface area contributed by atoms with Crippen molar-refractivity contribution >= 4 is 39.8 Å². The lowest BCUT2D eigenvalue weighted by Gasteiger charge is -2.03. The van der Waals surface area contributed by atoms with Gasteiger partial charge < -0.3 is 11.1 Å². The highest BCUT2D eigenvalue weighted by Crippen LogP contribution is 2.23. The maximum absolute atomic E-state index is 11.8. The minimum absolute atomic E-state index is 0.100. The molecule has 8 heteroatoms. The number of nitrogens with zero attached hydrogens (tertiary/aromatic N) is 2. The van der Waals surface area contributed by atoms with Crippen LogP contribution in [0.4, 0.5) is 5.00 Å². The Labute approximate surface area is 111 Å². The molecule has 0 bridgehead atoms. The minimum atomic E-state index is -0.603. The van der Waals surface area contributed by atoms with Gasteiger partial charge in [0.15, 0.2) is 0 Å². The van der Waals surface area contributed by atoms with Crippen LogP contribution in [0.2, 0.25) is 5.15 Å². The lowest BCUT2D eigenvalue weighted by Crippen LogP contribution is -2.17. The highest BCUT2D eigenvalue weighted by Gasteiger charge is 2.14. The number of hydrogen-bond donors (Lipinski definition) is 2. The highest BCUT2D eigenvalue weighted by molar-refractivity contribution is 7.14. The average Bonchev–Trinajstić information content (AvgIpc) is 2.78. The van der Waals surface area contributed by atoms with Crippen molar-refractivity contribution in [2.45, 2.75) is 0 Å². The van der Waals surface area contributed by atoms with Crippen LogP contribution >= 0.6 is 22.9 Å². The first-order valence-corrected chi connectivity index (χ1v) is 6.00. The molecule has 6 nitrogen and oxygen atoms in total. The van der Waals surface area contributed by atoms with Gasteiger partial charge in [-0.05, 0) is 11.4 Å². The Morgan fingerprint density at radius 3 is 2.72 bits per heavy atom. The second kappa shape index (κ2) is 5.11. The van der Waals surface area contributed by atoms with E-state index in [1.165, 1.54) is 29.8 Å². The number of carbonyl (C=O) groups excluding carboxylic acids is 2. The first kappa shape index (κ1) is 12.5. The van der Waals surface area contributed by atoms with Gasteiger partial charge in [0.2, 0.25) is 0 Å². The van der Waals surface area contributed by atoms with Gasteiger partial charge in [0.05, 0.1) is 18.0 Å². The molecule has 2 amide bonds. The second-order valence-electron chi connectivity index (χ2n) is 3.21. The molecule has 0 aliphatic heterocycles. The number of rotatable bonds is 3. The molecule has 3 N–H and O–H groups in total. The fraction of sp³-hybridized carbons (Fsp3) is 0.